The van der Waals surface area contributed by atoms with Crippen LogP contribution in [0.3, 0.4) is 0 Å². The fourth-order valence-corrected chi connectivity index (χ4v) is 4.58. The number of nitrogens with one attached hydrogen (secondary N) is 1. The Kier molecular flexibility index (Phi) is 6.07. The van der Waals surface area contributed by atoms with Crippen LogP contribution >= 0.6 is 0 Å². The molecular weight excluding hydrogens is 432 g/mol. The minimum absolute atomic E-state index is 0.0684. The summed E-state index contributed by atoms with van der Waals surface area (Å²) in [5, 5.41) is 2.79. The molecule has 9 heteroatoms. The minimum Gasteiger partial charge on any atom is -0.345 e. The van der Waals surface area contributed by atoms with E-state index in [2.05, 4.69) is 15.3 Å². The highest BCUT2D eigenvalue weighted by atomic mass is 16.2. The van der Waals surface area contributed by atoms with Crippen molar-refractivity contribution in [2.45, 2.75) is 51.2 Å². The zero-order valence-electron chi connectivity index (χ0n) is 18.8. The van der Waals surface area contributed by atoms with E-state index < -0.39 is 5.91 Å². The molecule has 0 atom stereocenters. The number of hydrogen-bond acceptors (Lipinski definition) is 5. The van der Waals surface area contributed by atoms with Crippen molar-refractivity contribution >= 4 is 23.6 Å². The maximum Gasteiger partial charge on any atom is 0.270 e. The number of pyridine rings is 2. The fraction of sp³-hybridized carbons (Fsp3) is 0.320. The molecule has 0 aliphatic heterocycles. The first kappa shape index (κ1) is 21.8. The fourth-order valence-electron chi connectivity index (χ4n) is 4.58. The highest BCUT2D eigenvalue weighted by molar-refractivity contribution is 5.92. The second-order valence-electron chi connectivity index (χ2n) is 8.70. The van der Waals surface area contributed by atoms with Crippen LogP contribution in [0.1, 0.15) is 53.8 Å². The minimum atomic E-state index is -0.435. The first-order chi connectivity index (χ1) is 16.6. The normalized spacial score (nSPS) is 14.4. The number of carbonyl (C=O) groups excluding carboxylic acids is 2. The van der Waals surface area contributed by atoms with Crippen LogP contribution in [0.4, 0.5) is 0 Å². The topological polar surface area (TPSA) is 101 Å². The quantitative estimate of drug-likeness (QED) is 0.429. The molecule has 0 radical (unpaired) electrons. The molecule has 174 valence electrons. The number of rotatable bonds is 7. The van der Waals surface area contributed by atoms with Gasteiger partial charge >= 0.3 is 0 Å². The average molecular weight is 459 g/mol. The molecule has 1 N–H and O–H groups in total. The Morgan fingerprint density at radius 2 is 1.94 bits per heavy atom. The maximum absolute atomic E-state index is 12.6. The second-order valence-corrected chi connectivity index (χ2v) is 8.70. The van der Waals surface area contributed by atoms with Gasteiger partial charge in [0.25, 0.3) is 11.5 Å². The van der Waals surface area contributed by atoms with Crippen molar-refractivity contribution in [3.05, 3.63) is 82.3 Å². The van der Waals surface area contributed by atoms with E-state index in [1.54, 1.807) is 24.4 Å². The Hall–Kier alpha value is -4.01. The highest BCUT2D eigenvalue weighted by Gasteiger charge is 2.20. The van der Waals surface area contributed by atoms with E-state index in [0.717, 1.165) is 30.5 Å². The van der Waals surface area contributed by atoms with Gasteiger partial charge in [-0.2, -0.15) is 0 Å². The van der Waals surface area contributed by atoms with Gasteiger partial charge < -0.3 is 14.6 Å². The summed E-state index contributed by atoms with van der Waals surface area (Å²) >= 11 is 0. The standard InChI is InChI=1S/C25H26N6O3/c32-17-30(20-6-2-1-3-7-20)15-18-9-10-22-27-19(16-29(22)14-18)13-26-25(34)21-12-24(33)31-11-5-4-8-23(31)28-21/h4-5,8-12,14,16-17,20H,1-3,6-7,13,15H2,(H,26,34). The van der Waals surface area contributed by atoms with Crippen LogP contribution in [0.2, 0.25) is 0 Å². The van der Waals surface area contributed by atoms with Gasteiger partial charge in [0.1, 0.15) is 17.0 Å². The van der Waals surface area contributed by atoms with Gasteiger partial charge in [-0.05, 0) is 36.6 Å². The number of nitrogens with zero attached hydrogens (tertiary/aromatic N) is 5. The third-order valence-corrected chi connectivity index (χ3v) is 6.34. The number of amides is 2. The Morgan fingerprint density at radius 3 is 2.76 bits per heavy atom. The van der Waals surface area contributed by atoms with Crippen LogP contribution in [0.25, 0.3) is 11.3 Å². The molecule has 4 aromatic rings. The molecule has 0 saturated heterocycles. The first-order valence-electron chi connectivity index (χ1n) is 11.5. The van der Waals surface area contributed by atoms with E-state index in [1.807, 2.05) is 33.8 Å². The molecule has 9 nitrogen and oxygen atoms in total. The monoisotopic (exact) mass is 458 g/mol. The lowest BCUT2D eigenvalue weighted by Crippen LogP contribution is -2.35. The summed E-state index contributed by atoms with van der Waals surface area (Å²) < 4.78 is 3.29. The van der Waals surface area contributed by atoms with E-state index in [4.69, 9.17) is 0 Å². The molecule has 0 spiro atoms. The first-order valence-corrected chi connectivity index (χ1v) is 11.5. The summed E-state index contributed by atoms with van der Waals surface area (Å²) in [6, 6.07) is 10.6. The van der Waals surface area contributed by atoms with Gasteiger partial charge in [0.05, 0.1) is 12.2 Å². The average Bonchev–Trinajstić information content (AvgIpc) is 3.28. The summed E-state index contributed by atoms with van der Waals surface area (Å²) in [4.78, 5) is 47.2. The molecule has 4 aromatic heterocycles. The molecule has 34 heavy (non-hydrogen) atoms. The molecular formula is C25H26N6O3. The van der Waals surface area contributed by atoms with E-state index >= 15 is 0 Å². The Bertz CT molecular complexity index is 1400. The summed E-state index contributed by atoms with van der Waals surface area (Å²) in [7, 11) is 0. The summed E-state index contributed by atoms with van der Waals surface area (Å²) in [6.07, 6.45) is 12.1. The van der Waals surface area contributed by atoms with Gasteiger partial charge in [0.2, 0.25) is 6.41 Å². The number of carbonyl (C=O) groups is 2. The molecule has 2 amide bonds. The van der Waals surface area contributed by atoms with Gasteiger partial charge in [-0.15, -0.1) is 0 Å². The molecule has 5 rings (SSSR count). The number of aromatic nitrogens is 4. The van der Waals surface area contributed by atoms with Crippen LogP contribution < -0.4 is 10.9 Å². The SMILES string of the molecule is O=CN(Cc1ccc2nc(CNC(=O)c3cc(=O)n4ccccc4n3)cn2c1)C1CCCCC1. The van der Waals surface area contributed by atoms with E-state index in [-0.39, 0.29) is 17.8 Å². The molecule has 1 fully saturated rings. The van der Waals surface area contributed by atoms with Crippen LogP contribution in [-0.4, -0.2) is 42.0 Å². The summed E-state index contributed by atoms with van der Waals surface area (Å²) in [5.74, 6) is -0.435. The zero-order chi connectivity index (χ0) is 23.5. The smallest absolute Gasteiger partial charge is 0.270 e. The van der Waals surface area contributed by atoms with Crippen molar-refractivity contribution in [2.75, 3.05) is 0 Å². The molecule has 1 aliphatic rings. The predicted molar refractivity (Wildman–Crippen MR) is 126 cm³/mol. The number of imidazole rings is 1. The van der Waals surface area contributed by atoms with Crippen LogP contribution in [0.15, 0.2) is 59.8 Å². The second kappa shape index (κ2) is 9.46. The van der Waals surface area contributed by atoms with Crippen molar-refractivity contribution < 1.29 is 9.59 Å². The Morgan fingerprint density at radius 1 is 1.09 bits per heavy atom. The molecule has 0 bridgehead atoms. The van der Waals surface area contributed by atoms with Crippen molar-refractivity contribution in [1.82, 2.24) is 29.0 Å². The molecule has 0 aromatic carbocycles. The van der Waals surface area contributed by atoms with Gasteiger partial charge in [-0.25, -0.2) is 9.97 Å². The van der Waals surface area contributed by atoms with E-state index in [0.29, 0.717) is 23.9 Å². The lowest BCUT2D eigenvalue weighted by molar-refractivity contribution is -0.121. The highest BCUT2D eigenvalue weighted by Crippen LogP contribution is 2.23. The van der Waals surface area contributed by atoms with Crippen LogP contribution in [-0.2, 0) is 17.9 Å². The van der Waals surface area contributed by atoms with Gasteiger partial charge in [0.15, 0.2) is 0 Å². The molecule has 4 heterocycles. The van der Waals surface area contributed by atoms with Crippen molar-refractivity contribution in [3.8, 4) is 0 Å². The predicted octanol–water partition coefficient (Wildman–Crippen LogP) is 2.56. The molecule has 1 saturated carbocycles. The van der Waals surface area contributed by atoms with Gasteiger partial charge in [-0.1, -0.05) is 31.4 Å². The van der Waals surface area contributed by atoms with Crippen LogP contribution in [0, 0.1) is 0 Å². The summed E-state index contributed by atoms with van der Waals surface area (Å²) in [5.41, 5.74) is 2.64. The Balaban J connectivity index is 1.27. The largest absolute Gasteiger partial charge is 0.345 e. The van der Waals surface area contributed by atoms with E-state index in [9.17, 15) is 14.4 Å². The molecule has 1 aliphatic carbocycles. The van der Waals surface area contributed by atoms with Crippen molar-refractivity contribution in [1.29, 1.82) is 0 Å². The third-order valence-electron chi connectivity index (χ3n) is 6.34. The van der Waals surface area contributed by atoms with Crippen molar-refractivity contribution in [2.24, 2.45) is 0 Å². The van der Waals surface area contributed by atoms with Crippen molar-refractivity contribution in [3.63, 3.8) is 0 Å². The molecule has 0 unspecified atom stereocenters. The lowest BCUT2D eigenvalue weighted by Gasteiger charge is -2.31. The van der Waals surface area contributed by atoms with Gasteiger partial charge in [-0.3, -0.25) is 18.8 Å². The van der Waals surface area contributed by atoms with Crippen LogP contribution in [0.5, 0.6) is 0 Å². The van der Waals surface area contributed by atoms with Gasteiger partial charge in [0, 0.05) is 37.2 Å². The number of hydrogen-bond donors (Lipinski definition) is 1. The zero-order valence-corrected chi connectivity index (χ0v) is 18.8. The number of fused-ring (bicyclic) bond motifs is 2. The summed E-state index contributed by atoms with van der Waals surface area (Å²) in [6.45, 7) is 0.770. The maximum atomic E-state index is 12.6. The lowest BCUT2D eigenvalue weighted by atomic mass is 9.94. The third kappa shape index (κ3) is 4.54. The van der Waals surface area contributed by atoms with E-state index in [1.165, 1.54) is 29.7 Å². The Labute approximate surface area is 196 Å².